The molecule has 7 nitrogen and oxygen atoms in total. The molecule has 2 N–H and O–H groups in total. The van der Waals surface area contributed by atoms with E-state index in [1.807, 2.05) is 62.4 Å². The van der Waals surface area contributed by atoms with Gasteiger partial charge in [0, 0.05) is 12.5 Å². The Hall–Kier alpha value is -3.35. The molecular weight excluding hydrogens is 372 g/mol. The zero-order valence-corrected chi connectivity index (χ0v) is 16.6. The number of ether oxygens (including phenoxy) is 2. The number of esters is 1. The predicted octanol–water partition coefficient (Wildman–Crippen LogP) is 2.82. The first kappa shape index (κ1) is 21.9. The molecule has 2 rings (SSSR count). The third-order valence-electron chi connectivity index (χ3n) is 4.16. The fourth-order valence-electron chi connectivity index (χ4n) is 2.46. The number of hydrogen-bond donors (Lipinski definition) is 2. The summed E-state index contributed by atoms with van der Waals surface area (Å²) in [6.07, 6.45) is 1.40. The number of nitrogens with one attached hydrogen (secondary N) is 2. The first-order valence-electron chi connectivity index (χ1n) is 9.48. The Balaban J connectivity index is 1.78. The topological polar surface area (TPSA) is 93.7 Å². The lowest BCUT2D eigenvalue weighted by Gasteiger charge is -2.12. The van der Waals surface area contributed by atoms with Crippen LogP contribution in [0.2, 0.25) is 0 Å². The smallest absolute Gasteiger partial charge is 0.344 e. The third kappa shape index (κ3) is 8.04. The SMILES string of the molecule is CC[C@H](C)NC(=O)NC(=O)COC(=O)COc1ccccc1Cc1ccccc1. The van der Waals surface area contributed by atoms with E-state index in [2.05, 4.69) is 10.6 Å². The van der Waals surface area contributed by atoms with Crippen molar-refractivity contribution in [2.75, 3.05) is 13.2 Å². The average Bonchev–Trinajstić information content (AvgIpc) is 2.72. The minimum absolute atomic E-state index is 0.0605. The summed E-state index contributed by atoms with van der Waals surface area (Å²) in [7, 11) is 0. The number of para-hydroxylation sites is 1. The first-order valence-corrected chi connectivity index (χ1v) is 9.48. The van der Waals surface area contributed by atoms with Gasteiger partial charge in [-0.2, -0.15) is 0 Å². The molecule has 0 aromatic heterocycles. The van der Waals surface area contributed by atoms with Crippen molar-refractivity contribution in [3.05, 3.63) is 65.7 Å². The molecule has 29 heavy (non-hydrogen) atoms. The van der Waals surface area contributed by atoms with Gasteiger partial charge in [-0.1, -0.05) is 55.5 Å². The van der Waals surface area contributed by atoms with E-state index in [0.29, 0.717) is 12.2 Å². The highest BCUT2D eigenvalue weighted by Gasteiger charge is 2.13. The molecule has 0 saturated carbocycles. The maximum Gasteiger partial charge on any atom is 0.344 e. The van der Waals surface area contributed by atoms with Gasteiger partial charge in [0.2, 0.25) is 0 Å². The maximum absolute atomic E-state index is 11.9. The van der Waals surface area contributed by atoms with Crippen molar-refractivity contribution < 1.29 is 23.9 Å². The fraction of sp³-hybridized carbons (Fsp3) is 0.318. The Labute approximate surface area is 170 Å². The van der Waals surface area contributed by atoms with Crippen molar-refractivity contribution in [1.29, 1.82) is 0 Å². The lowest BCUT2D eigenvalue weighted by Crippen LogP contribution is -2.44. The molecule has 0 unspecified atom stereocenters. The van der Waals surface area contributed by atoms with E-state index < -0.39 is 24.5 Å². The van der Waals surface area contributed by atoms with Gasteiger partial charge in [-0.15, -0.1) is 0 Å². The number of rotatable bonds is 9. The van der Waals surface area contributed by atoms with Crippen molar-refractivity contribution >= 4 is 17.9 Å². The minimum atomic E-state index is -0.705. The van der Waals surface area contributed by atoms with Crippen molar-refractivity contribution in [3.8, 4) is 5.75 Å². The molecule has 0 aliphatic heterocycles. The number of carbonyl (C=O) groups excluding carboxylic acids is 3. The summed E-state index contributed by atoms with van der Waals surface area (Å²) in [6, 6.07) is 16.6. The van der Waals surface area contributed by atoms with Crippen molar-refractivity contribution in [2.24, 2.45) is 0 Å². The van der Waals surface area contributed by atoms with Gasteiger partial charge in [-0.3, -0.25) is 10.1 Å². The summed E-state index contributed by atoms with van der Waals surface area (Å²) in [5, 5.41) is 4.69. The van der Waals surface area contributed by atoms with E-state index in [4.69, 9.17) is 9.47 Å². The molecule has 0 aliphatic rings. The summed E-state index contributed by atoms with van der Waals surface area (Å²) in [6.45, 7) is 2.84. The number of imide groups is 1. The van der Waals surface area contributed by atoms with E-state index >= 15 is 0 Å². The molecule has 0 radical (unpaired) electrons. The second kappa shape index (κ2) is 11.5. The summed E-state index contributed by atoms with van der Waals surface area (Å²) < 4.78 is 10.4. The lowest BCUT2D eigenvalue weighted by molar-refractivity contribution is -0.150. The second-order valence-corrected chi connectivity index (χ2v) is 6.55. The van der Waals surface area contributed by atoms with E-state index in [9.17, 15) is 14.4 Å². The minimum Gasteiger partial charge on any atom is -0.482 e. The molecule has 0 saturated heterocycles. The Morgan fingerprint density at radius 1 is 0.966 bits per heavy atom. The Bertz CT molecular complexity index is 823. The van der Waals surface area contributed by atoms with Crippen LogP contribution < -0.4 is 15.4 Å². The van der Waals surface area contributed by atoms with Crippen LogP contribution in [0.1, 0.15) is 31.4 Å². The summed E-state index contributed by atoms with van der Waals surface area (Å²) in [4.78, 5) is 35.1. The molecule has 0 spiro atoms. The van der Waals surface area contributed by atoms with Gasteiger partial charge in [-0.25, -0.2) is 9.59 Å². The van der Waals surface area contributed by atoms with Crippen LogP contribution in [0, 0.1) is 0 Å². The quantitative estimate of drug-likeness (QED) is 0.634. The number of urea groups is 1. The highest BCUT2D eigenvalue weighted by Crippen LogP contribution is 2.21. The van der Waals surface area contributed by atoms with Gasteiger partial charge >= 0.3 is 12.0 Å². The molecule has 2 aromatic rings. The number of hydrogen-bond acceptors (Lipinski definition) is 5. The molecule has 154 valence electrons. The van der Waals surface area contributed by atoms with E-state index in [1.165, 1.54) is 0 Å². The molecule has 0 fully saturated rings. The largest absolute Gasteiger partial charge is 0.482 e. The molecule has 7 heteroatoms. The van der Waals surface area contributed by atoms with Crippen LogP contribution in [0.5, 0.6) is 5.75 Å². The predicted molar refractivity (Wildman–Crippen MR) is 109 cm³/mol. The summed E-state index contributed by atoms with van der Waals surface area (Å²) in [5.74, 6) is -0.827. The van der Waals surface area contributed by atoms with E-state index in [-0.39, 0.29) is 12.6 Å². The van der Waals surface area contributed by atoms with Crippen LogP contribution in [0.4, 0.5) is 4.79 Å². The second-order valence-electron chi connectivity index (χ2n) is 6.55. The third-order valence-corrected chi connectivity index (χ3v) is 4.16. The van der Waals surface area contributed by atoms with E-state index in [0.717, 1.165) is 17.5 Å². The maximum atomic E-state index is 11.9. The van der Waals surface area contributed by atoms with Crippen molar-refractivity contribution in [2.45, 2.75) is 32.7 Å². The van der Waals surface area contributed by atoms with Crippen molar-refractivity contribution in [3.63, 3.8) is 0 Å². The van der Waals surface area contributed by atoms with Gasteiger partial charge < -0.3 is 14.8 Å². The highest BCUT2D eigenvalue weighted by atomic mass is 16.6. The van der Waals surface area contributed by atoms with Gasteiger partial charge in [0.1, 0.15) is 5.75 Å². The monoisotopic (exact) mass is 398 g/mol. The molecule has 2 aromatic carbocycles. The average molecular weight is 398 g/mol. The molecule has 3 amide bonds. The Morgan fingerprint density at radius 2 is 1.66 bits per heavy atom. The highest BCUT2D eigenvalue weighted by molar-refractivity contribution is 5.95. The van der Waals surface area contributed by atoms with Gasteiger partial charge in [0.15, 0.2) is 13.2 Å². The number of amides is 3. The Morgan fingerprint density at radius 3 is 2.38 bits per heavy atom. The van der Waals surface area contributed by atoms with Crippen LogP contribution in [0.3, 0.4) is 0 Å². The van der Waals surface area contributed by atoms with Crippen LogP contribution in [-0.4, -0.2) is 37.2 Å². The zero-order chi connectivity index (χ0) is 21.1. The van der Waals surface area contributed by atoms with Crippen LogP contribution >= 0.6 is 0 Å². The van der Waals surface area contributed by atoms with Crippen LogP contribution in [-0.2, 0) is 20.7 Å². The fourth-order valence-corrected chi connectivity index (χ4v) is 2.46. The van der Waals surface area contributed by atoms with E-state index in [1.54, 1.807) is 6.07 Å². The first-order chi connectivity index (χ1) is 14.0. The number of carbonyl (C=O) groups is 3. The van der Waals surface area contributed by atoms with Crippen LogP contribution in [0.25, 0.3) is 0 Å². The van der Waals surface area contributed by atoms with Crippen molar-refractivity contribution in [1.82, 2.24) is 10.6 Å². The van der Waals surface area contributed by atoms with Gasteiger partial charge in [0.25, 0.3) is 5.91 Å². The van der Waals surface area contributed by atoms with Gasteiger partial charge in [0.05, 0.1) is 0 Å². The molecule has 0 bridgehead atoms. The normalized spacial score (nSPS) is 11.2. The number of benzene rings is 2. The molecule has 0 aliphatic carbocycles. The van der Waals surface area contributed by atoms with Crippen LogP contribution in [0.15, 0.2) is 54.6 Å². The zero-order valence-electron chi connectivity index (χ0n) is 16.6. The molecular formula is C22H26N2O5. The lowest BCUT2D eigenvalue weighted by atomic mass is 10.0. The summed E-state index contributed by atoms with van der Waals surface area (Å²) in [5.41, 5.74) is 2.06. The molecule has 0 heterocycles. The summed E-state index contributed by atoms with van der Waals surface area (Å²) >= 11 is 0. The Kier molecular flexibility index (Phi) is 8.69. The standard InChI is InChI=1S/C22H26N2O5/c1-3-16(2)23-22(27)24-20(25)14-29-21(26)15-28-19-12-8-7-11-18(19)13-17-9-5-4-6-10-17/h4-12,16H,3,13-15H2,1-2H3,(H2,23,24,25,27)/t16-/m0/s1. The molecule has 1 atom stereocenters. The van der Waals surface area contributed by atoms with Gasteiger partial charge in [-0.05, 0) is 30.5 Å².